The second kappa shape index (κ2) is 9.06. The van der Waals surface area contributed by atoms with Crippen molar-refractivity contribution in [2.75, 3.05) is 20.3 Å². The minimum Gasteiger partial charge on any atom is -0.493 e. The molecular formula is C24H27NO4S. The molecule has 0 saturated carbocycles. The number of methoxy groups -OCH3 is 1. The van der Waals surface area contributed by atoms with Crippen molar-refractivity contribution in [1.82, 2.24) is 4.90 Å². The van der Waals surface area contributed by atoms with Gasteiger partial charge in [-0.2, -0.15) is 0 Å². The smallest absolute Gasteiger partial charge is 0.320 e. The lowest BCUT2D eigenvalue weighted by molar-refractivity contribution is -0.145. The van der Waals surface area contributed by atoms with Crippen molar-refractivity contribution >= 4 is 27.4 Å². The molecule has 6 heteroatoms. The van der Waals surface area contributed by atoms with Crippen LogP contribution < -0.4 is 9.47 Å². The number of piperidine rings is 1. The number of carboxylic acid groups (broad SMARTS) is 1. The van der Waals surface area contributed by atoms with Gasteiger partial charge in [0, 0.05) is 4.70 Å². The zero-order valence-corrected chi connectivity index (χ0v) is 18.2. The number of ether oxygens (including phenoxy) is 2. The summed E-state index contributed by atoms with van der Waals surface area (Å²) in [6, 6.07) is 13.6. The number of hydrogen-bond acceptors (Lipinski definition) is 5. The van der Waals surface area contributed by atoms with Crippen molar-refractivity contribution in [3.8, 4) is 11.5 Å². The fourth-order valence-electron chi connectivity index (χ4n) is 4.42. The highest BCUT2D eigenvalue weighted by atomic mass is 32.1. The Kier molecular flexibility index (Phi) is 6.25. The number of benzene rings is 2. The number of aliphatic carboxylic acids is 1. The van der Waals surface area contributed by atoms with Crippen LogP contribution in [-0.4, -0.2) is 42.3 Å². The van der Waals surface area contributed by atoms with Gasteiger partial charge in [0.1, 0.15) is 6.04 Å². The Labute approximate surface area is 180 Å². The van der Waals surface area contributed by atoms with E-state index in [1.807, 2.05) is 37.3 Å². The topological polar surface area (TPSA) is 59.0 Å². The summed E-state index contributed by atoms with van der Waals surface area (Å²) in [5, 5.41) is 13.3. The summed E-state index contributed by atoms with van der Waals surface area (Å²) in [5.41, 5.74) is 2.17. The summed E-state index contributed by atoms with van der Waals surface area (Å²) in [6.07, 6.45) is 2.61. The molecule has 2 unspecified atom stereocenters. The van der Waals surface area contributed by atoms with Gasteiger partial charge in [0.25, 0.3) is 0 Å². The van der Waals surface area contributed by atoms with E-state index in [2.05, 4.69) is 22.4 Å². The monoisotopic (exact) mass is 425 g/mol. The minimum atomic E-state index is -0.753. The van der Waals surface area contributed by atoms with E-state index >= 15 is 0 Å². The zero-order chi connectivity index (χ0) is 21.1. The van der Waals surface area contributed by atoms with Crippen molar-refractivity contribution in [1.29, 1.82) is 0 Å². The summed E-state index contributed by atoms with van der Waals surface area (Å²) in [4.78, 5) is 14.3. The van der Waals surface area contributed by atoms with Crippen LogP contribution in [0.5, 0.6) is 11.5 Å². The Morgan fingerprint density at radius 1 is 1.23 bits per heavy atom. The number of hydrogen-bond donors (Lipinski definition) is 1. The maximum absolute atomic E-state index is 12.1. The van der Waals surface area contributed by atoms with Gasteiger partial charge in [0.15, 0.2) is 11.5 Å². The number of carbonyl (C=O) groups is 1. The third-order valence-corrected chi connectivity index (χ3v) is 6.75. The van der Waals surface area contributed by atoms with E-state index < -0.39 is 12.0 Å². The van der Waals surface area contributed by atoms with Crippen molar-refractivity contribution < 1.29 is 19.4 Å². The van der Waals surface area contributed by atoms with Gasteiger partial charge in [-0.25, -0.2) is 0 Å². The van der Waals surface area contributed by atoms with Gasteiger partial charge < -0.3 is 14.6 Å². The molecule has 0 aliphatic carbocycles. The fourth-order valence-corrected chi connectivity index (χ4v) is 5.40. The molecule has 1 aliphatic rings. The molecule has 1 fully saturated rings. The first-order valence-corrected chi connectivity index (χ1v) is 11.3. The average molecular weight is 426 g/mol. The molecule has 1 saturated heterocycles. The van der Waals surface area contributed by atoms with Gasteiger partial charge in [-0.05, 0) is 66.4 Å². The van der Waals surface area contributed by atoms with Crippen molar-refractivity contribution in [2.24, 2.45) is 0 Å². The Morgan fingerprint density at radius 2 is 2.07 bits per heavy atom. The summed E-state index contributed by atoms with van der Waals surface area (Å²) >= 11 is 1.70. The van der Waals surface area contributed by atoms with Crippen molar-refractivity contribution in [3.05, 3.63) is 59.0 Å². The molecule has 0 spiro atoms. The van der Waals surface area contributed by atoms with E-state index in [-0.39, 0.29) is 6.04 Å². The first-order chi connectivity index (χ1) is 14.6. The molecule has 4 rings (SSSR count). The minimum absolute atomic E-state index is 0.160. The van der Waals surface area contributed by atoms with Crippen molar-refractivity contribution in [2.45, 2.75) is 38.3 Å². The number of rotatable bonds is 7. The SMILES string of the molecule is CCOc1ccc(C(c2csc3ccccc23)N2CCCCC2C(=O)O)cc1OC. The summed E-state index contributed by atoms with van der Waals surface area (Å²) < 4.78 is 12.5. The van der Waals surface area contributed by atoms with Crippen LogP contribution in [0.2, 0.25) is 0 Å². The molecule has 1 N–H and O–H groups in total. The van der Waals surface area contributed by atoms with Gasteiger partial charge in [0.05, 0.1) is 19.8 Å². The maximum atomic E-state index is 12.1. The molecule has 0 bridgehead atoms. The number of thiophene rings is 1. The number of nitrogens with zero attached hydrogens (tertiary/aromatic N) is 1. The summed E-state index contributed by atoms with van der Waals surface area (Å²) in [6.45, 7) is 3.25. The second-order valence-corrected chi connectivity index (χ2v) is 8.43. The van der Waals surface area contributed by atoms with Crippen molar-refractivity contribution in [3.63, 3.8) is 0 Å². The molecule has 30 heavy (non-hydrogen) atoms. The first kappa shape index (κ1) is 20.7. The Morgan fingerprint density at radius 3 is 2.83 bits per heavy atom. The molecule has 1 aliphatic heterocycles. The van der Waals surface area contributed by atoms with Crippen LogP contribution in [0.15, 0.2) is 47.8 Å². The predicted octanol–water partition coefficient (Wildman–Crippen LogP) is 5.34. The van der Waals surface area contributed by atoms with Crippen LogP contribution in [0, 0.1) is 0 Å². The van der Waals surface area contributed by atoms with Gasteiger partial charge >= 0.3 is 5.97 Å². The van der Waals surface area contributed by atoms with Crippen LogP contribution in [0.25, 0.3) is 10.1 Å². The summed E-state index contributed by atoms with van der Waals surface area (Å²) in [5.74, 6) is 0.617. The largest absolute Gasteiger partial charge is 0.493 e. The van der Waals surface area contributed by atoms with Crippen LogP contribution in [0.3, 0.4) is 0 Å². The fraction of sp³-hybridized carbons (Fsp3) is 0.375. The lowest BCUT2D eigenvalue weighted by Gasteiger charge is -2.39. The number of likely N-dealkylation sites (tertiary alicyclic amines) is 1. The van der Waals surface area contributed by atoms with E-state index in [1.165, 1.54) is 10.1 Å². The van der Waals surface area contributed by atoms with E-state index in [9.17, 15) is 9.90 Å². The summed E-state index contributed by atoms with van der Waals surface area (Å²) in [7, 11) is 1.64. The van der Waals surface area contributed by atoms with Gasteiger partial charge in [-0.1, -0.05) is 30.7 Å². The lowest BCUT2D eigenvalue weighted by atomic mass is 9.91. The molecule has 1 aromatic heterocycles. The molecule has 3 aromatic rings. The lowest BCUT2D eigenvalue weighted by Crippen LogP contribution is -2.46. The highest BCUT2D eigenvalue weighted by Crippen LogP contribution is 2.42. The van der Waals surface area contributed by atoms with E-state index in [1.54, 1.807) is 18.4 Å². The molecule has 0 amide bonds. The second-order valence-electron chi connectivity index (χ2n) is 7.52. The third kappa shape index (κ3) is 3.89. The molecule has 2 atom stereocenters. The zero-order valence-electron chi connectivity index (χ0n) is 17.3. The normalized spacial score (nSPS) is 18.3. The van der Waals surface area contributed by atoms with E-state index in [0.29, 0.717) is 24.5 Å². The molecular weight excluding hydrogens is 398 g/mol. The Hall–Kier alpha value is -2.57. The highest BCUT2D eigenvalue weighted by molar-refractivity contribution is 7.17. The molecule has 0 radical (unpaired) electrons. The standard InChI is InChI=1S/C24H27NO4S/c1-3-29-20-12-11-16(14-21(20)28-2)23(25-13-7-6-9-19(25)24(26)27)18-15-30-22-10-5-4-8-17(18)22/h4-5,8,10-12,14-15,19,23H,3,6-7,9,13H2,1-2H3,(H,26,27). The number of carboxylic acids is 1. The van der Waals surface area contributed by atoms with Crippen LogP contribution >= 0.6 is 11.3 Å². The quantitative estimate of drug-likeness (QED) is 0.554. The van der Waals surface area contributed by atoms with E-state index in [4.69, 9.17) is 9.47 Å². The van der Waals surface area contributed by atoms with E-state index in [0.717, 1.165) is 30.5 Å². The highest BCUT2D eigenvalue weighted by Gasteiger charge is 2.36. The van der Waals surface area contributed by atoms with Gasteiger partial charge in [0.2, 0.25) is 0 Å². The average Bonchev–Trinajstić information content (AvgIpc) is 3.19. The molecule has 2 heterocycles. The Balaban J connectivity index is 1.87. The third-order valence-electron chi connectivity index (χ3n) is 5.77. The van der Waals surface area contributed by atoms with Gasteiger partial charge in [-0.15, -0.1) is 11.3 Å². The molecule has 2 aromatic carbocycles. The predicted molar refractivity (Wildman–Crippen MR) is 120 cm³/mol. The van der Waals surface area contributed by atoms with Crippen LogP contribution in [0.1, 0.15) is 43.4 Å². The molecule has 5 nitrogen and oxygen atoms in total. The Bertz CT molecular complexity index is 1030. The van der Waals surface area contributed by atoms with Crippen LogP contribution in [0.4, 0.5) is 0 Å². The van der Waals surface area contributed by atoms with Crippen LogP contribution in [-0.2, 0) is 4.79 Å². The first-order valence-electron chi connectivity index (χ1n) is 10.4. The maximum Gasteiger partial charge on any atom is 0.320 e. The molecule has 158 valence electrons. The number of fused-ring (bicyclic) bond motifs is 1. The van der Waals surface area contributed by atoms with Gasteiger partial charge in [-0.3, -0.25) is 9.69 Å².